The molecule has 0 aromatic heterocycles. The van der Waals surface area contributed by atoms with E-state index in [4.69, 9.17) is 11.6 Å². The van der Waals surface area contributed by atoms with E-state index in [1.165, 1.54) is 12.1 Å². The molecule has 1 aliphatic rings. The average molecular weight is 376 g/mol. The highest BCUT2D eigenvalue weighted by Crippen LogP contribution is 2.38. The van der Waals surface area contributed by atoms with Gasteiger partial charge in [0.25, 0.3) is 5.91 Å². The van der Waals surface area contributed by atoms with Crippen molar-refractivity contribution in [1.82, 2.24) is 4.90 Å². The number of nitrogens with zero attached hydrogens (tertiary/aromatic N) is 1. The molecule has 6 heteroatoms. The zero-order valence-corrected chi connectivity index (χ0v) is 15.3. The number of hydrogen-bond donors (Lipinski definition) is 1. The van der Waals surface area contributed by atoms with E-state index in [1.54, 1.807) is 17.0 Å². The van der Waals surface area contributed by atoms with Gasteiger partial charge in [-0.05, 0) is 68.1 Å². The van der Waals surface area contributed by atoms with Crippen LogP contribution in [0.15, 0.2) is 36.4 Å². The Morgan fingerprint density at radius 3 is 2.58 bits per heavy atom. The van der Waals surface area contributed by atoms with Gasteiger partial charge in [0.15, 0.2) is 0 Å². The summed E-state index contributed by atoms with van der Waals surface area (Å²) in [6.07, 6.45) is 1.48. The van der Waals surface area contributed by atoms with E-state index >= 15 is 0 Å². The topological polar surface area (TPSA) is 57.6 Å². The molecule has 0 fully saturated rings. The molecule has 1 amide bonds. The number of rotatable bonds is 4. The zero-order chi connectivity index (χ0) is 19.0. The Bertz CT molecular complexity index is 881. The lowest BCUT2D eigenvalue weighted by atomic mass is 10.0. The van der Waals surface area contributed by atoms with Crippen molar-refractivity contribution in [3.8, 4) is 0 Å². The van der Waals surface area contributed by atoms with Crippen LogP contribution in [0.25, 0.3) is 0 Å². The predicted molar refractivity (Wildman–Crippen MR) is 97.2 cm³/mol. The SMILES string of the molecule is CC(C)N(C(=O)c1ccc(F)cc1Cl)[C@@H]1CCc2ccc(C(=O)O)cc21. The third kappa shape index (κ3) is 3.31. The lowest BCUT2D eigenvalue weighted by molar-refractivity contribution is 0.0606. The van der Waals surface area contributed by atoms with E-state index in [2.05, 4.69) is 0 Å². The Morgan fingerprint density at radius 1 is 1.23 bits per heavy atom. The molecule has 0 saturated carbocycles. The van der Waals surface area contributed by atoms with Crippen LogP contribution in [0.4, 0.5) is 4.39 Å². The standard InChI is InChI=1S/C20H19ClFNO3/c1-11(2)23(19(24)15-7-6-14(22)10-17(15)21)18-8-5-12-3-4-13(20(25)26)9-16(12)18/h3-4,6-7,9-11,18H,5,8H2,1-2H3,(H,25,26)/t18-/m1/s1. The minimum atomic E-state index is -0.998. The summed E-state index contributed by atoms with van der Waals surface area (Å²) in [5.41, 5.74) is 2.34. The lowest BCUT2D eigenvalue weighted by Crippen LogP contribution is -2.39. The second-order valence-corrected chi connectivity index (χ2v) is 7.11. The number of carboxylic acid groups (broad SMARTS) is 1. The van der Waals surface area contributed by atoms with Gasteiger partial charge in [0.1, 0.15) is 5.82 Å². The van der Waals surface area contributed by atoms with Crippen molar-refractivity contribution in [3.63, 3.8) is 0 Å². The predicted octanol–water partition coefficient (Wildman–Crippen LogP) is 4.72. The van der Waals surface area contributed by atoms with Gasteiger partial charge in [-0.2, -0.15) is 0 Å². The minimum Gasteiger partial charge on any atom is -0.478 e. The second-order valence-electron chi connectivity index (χ2n) is 6.70. The zero-order valence-electron chi connectivity index (χ0n) is 14.5. The number of carbonyl (C=O) groups is 2. The van der Waals surface area contributed by atoms with Gasteiger partial charge < -0.3 is 10.0 Å². The van der Waals surface area contributed by atoms with Gasteiger partial charge >= 0.3 is 5.97 Å². The molecule has 2 aromatic rings. The van der Waals surface area contributed by atoms with E-state index in [9.17, 15) is 19.1 Å². The third-order valence-electron chi connectivity index (χ3n) is 4.73. The number of hydrogen-bond acceptors (Lipinski definition) is 2. The van der Waals surface area contributed by atoms with Crippen LogP contribution in [0.5, 0.6) is 0 Å². The van der Waals surface area contributed by atoms with Gasteiger partial charge in [-0.15, -0.1) is 0 Å². The second kappa shape index (κ2) is 7.08. The third-order valence-corrected chi connectivity index (χ3v) is 5.04. The quantitative estimate of drug-likeness (QED) is 0.841. The van der Waals surface area contributed by atoms with Gasteiger partial charge in [-0.25, -0.2) is 9.18 Å². The van der Waals surface area contributed by atoms with Crippen LogP contribution in [0.3, 0.4) is 0 Å². The number of amides is 1. The minimum absolute atomic E-state index is 0.0677. The van der Waals surface area contributed by atoms with Gasteiger partial charge in [0, 0.05) is 6.04 Å². The molecule has 4 nitrogen and oxygen atoms in total. The first-order valence-corrected chi connectivity index (χ1v) is 8.81. The Morgan fingerprint density at radius 2 is 1.96 bits per heavy atom. The smallest absolute Gasteiger partial charge is 0.335 e. The molecule has 1 aliphatic carbocycles. The highest BCUT2D eigenvalue weighted by atomic mass is 35.5. The first-order valence-electron chi connectivity index (χ1n) is 8.43. The van der Waals surface area contributed by atoms with Crippen LogP contribution < -0.4 is 0 Å². The maximum absolute atomic E-state index is 13.3. The van der Waals surface area contributed by atoms with Crippen molar-refractivity contribution in [2.45, 2.75) is 38.8 Å². The molecule has 0 saturated heterocycles. The van der Waals surface area contributed by atoms with Crippen molar-refractivity contribution in [2.75, 3.05) is 0 Å². The maximum atomic E-state index is 13.3. The maximum Gasteiger partial charge on any atom is 0.335 e. The van der Waals surface area contributed by atoms with Gasteiger partial charge in [-0.1, -0.05) is 17.7 Å². The molecular weight excluding hydrogens is 357 g/mol. The largest absolute Gasteiger partial charge is 0.478 e. The van der Waals surface area contributed by atoms with Crippen LogP contribution in [-0.2, 0) is 6.42 Å². The molecule has 1 N–H and O–H groups in total. The fourth-order valence-corrected chi connectivity index (χ4v) is 3.79. The molecule has 26 heavy (non-hydrogen) atoms. The fraction of sp³-hybridized carbons (Fsp3) is 0.300. The van der Waals surface area contributed by atoms with Crippen molar-refractivity contribution < 1.29 is 19.1 Å². The van der Waals surface area contributed by atoms with Crippen LogP contribution in [0.2, 0.25) is 5.02 Å². The van der Waals surface area contributed by atoms with Crippen molar-refractivity contribution in [3.05, 3.63) is 69.5 Å². The van der Waals surface area contributed by atoms with E-state index in [0.717, 1.165) is 23.6 Å². The van der Waals surface area contributed by atoms with Crippen molar-refractivity contribution >= 4 is 23.5 Å². The summed E-state index contributed by atoms with van der Waals surface area (Å²) in [7, 11) is 0. The summed E-state index contributed by atoms with van der Waals surface area (Å²) in [6, 6.07) is 8.39. The first kappa shape index (κ1) is 18.4. The van der Waals surface area contributed by atoms with Crippen molar-refractivity contribution in [1.29, 1.82) is 0 Å². The number of benzene rings is 2. The number of fused-ring (bicyclic) bond motifs is 1. The molecule has 136 valence electrons. The number of aryl methyl sites for hydroxylation is 1. The highest BCUT2D eigenvalue weighted by molar-refractivity contribution is 6.33. The van der Waals surface area contributed by atoms with Crippen molar-refractivity contribution in [2.24, 2.45) is 0 Å². The molecule has 0 bridgehead atoms. The Balaban J connectivity index is 2.02. The molecule has 0 heterocycles. The molecule has 1 atom stereocenters. The van der Waals surface area contributed by atoms with Gasteiger partial charge in [0.05, 0.1) is 22.2 Å². The molecular formula is C20H19ClFNO3. The van der Waals surface area contributed by atoms with E-state index in [0.29, 0.717) is 6.42 Å². The lowest BCUT2D eigenvalue weighted by Gasteiger charge is -2.34. The summed E-state index contributed by atoms with van der Waals surface area (Å²) in [5, 5.41) is 9.33. The Hall–Kier alpha value is -2.40. The Kier molecular flexibility index (Phi) is 5.01. The summed E-state index contributed by atoms with van der Waals surface area (Å²) < 4.78 is 13.3. The number of aromatic carboxylic acids is 1. The van der Waals surface area contributed by atoms with Gasteiger partial charge in [-0.3, -0.25) is 4.79 Å². The normalized spacial score (nSPS) is 15.8. The summed E-state index contributed by atoms with van der Waals surface area (Å²) in [4.78, 5) is 26.2. The van der Waals surface area contributed by atoms with E-state index in [-0.39, 0.29) is 34.1 Å². The van der Waals surface area contributed by atoms with E-state index in [1.807, 2.05) is 19.9 Å². The molecule has 0 unspecified atom stereocenters. The summed E-state index contributed by atoms with van der Waals surface area (Å²) in [5.74, 6) is -1.79. The molecule has 0 spiro atoms. The average Bonchev–Trinajstić information content (AvgIpc) is 2.97. The number of halogens is 2. The first-order chi connectivity index (χ1) is 12.3. The molecule has 3 rings (SSSR count). The number of carboxylic acids is 1. The van der Waals surface area contributed by atoms with Crippen LogP contribution in [0, 0.1) is 5.82 Å². The van der Waals surface area contributed by atoms with Gasteiger partial charge in [0.2, 0.25) is 0 Å². The molecule has 2 aromatic carbocycles. The summed E-state index contributed by atoms with van der Waals surface area (Å²) in [6.45, 7) is 3.79. The van der Waals surface area contributed by atoms with Crippen LogP contribution >= 0.6 is 11.6 Å². The van der Waals surface area contributed by atoms with Crippen LogP contribution in [0.1, 0.15) is 58.2 Å². The monoisotopic (exact) mass is 375 g/mol. The fourth-order valence-electron chi connectivity index (χ4n) is 3.54. The van der Waals surface area contributed by atoms with Crippen LogP contribution in [-0.4, -0.2) is 27.9 Å². The Labute approximate surface area is 156 Å². The van der Waals surface area contributed by atoms with E-state index < -0.39 is 11.8 Å². The molecule has 0 radical (unpaired) electrons. The summed E-state index contributed by atoms with van der Waals surface area (Å²) >= 11 is 6.08. The highest BCUT2D eigenvalue weighted by Gasteiger charge is 2.34. The molecule has 0 aliphatic heterocycles. The number of carbonyl (C=O) groups excluding carboxylic acids is 1.